The molecule has 0 fully saturated rings. The van der Waals surface area contributed by atoms with Crippen molar-refractivity contribution in [3.8, 4) is 0 Å². The van der Waals surface area contributed by atoms with E-state index in [-0.39, 0.29) is 0 Å². The van der Waals surface area contributed by atoms with Gasteiger partial charge in [0.15, 0.2) is 0 Å². The maximum absolute atomic E-state index is 10.2. The van der Waals surface area contributed by atoms with E-state index in [9.17, 15) is 4.79 Å². The molecule has 0 aliphatic heterocycles. The van der Waals surface area contributed by atoms with E-state index in [1.165, 1.54) is 70.6 Å². The molecule has 1 heteroatoms. The third-order valence-electron chi connectivity index (χ3n) is 3.77. The fourth-order valence-corrected chi connectivity index (χ4v) is 2.39. The van der Waals surface area contributed by atoms with Crippen molar-refractivity contribution in [1.29, 1.82) is 0 Å². The molecule has 0 aromatic rings. The van der Waals surface area contributed by atoms with Crippen LogP contribution in [0.4, 0.5) is 0 Å². The van der Waals surface area contributed by atoms with Crippen LogP contribution in [0.1, 0.15) is 96.8 Å². The minimum Gasteiger partial charge on any atom is -0.303 e. The van der Waals surface area contributed by atoms with Crippen molar-refractivity contribution in [1.82, 2.24) is 0 Å². The zero-order chi connectivity index (χ0) is 15.4. The Kier molecular flexibility index (Phi) is 18.4. The molecule has 0 heterocycles. The van der Waals surface area contributed by atoms with Gasteiger partial charge in [-0.2, -0.15) is 0 Å². The van der Waals surface area contributed by atoms with Gasteiger partial charge in [-0.25, -0.2) is 0 Å². The van der Waals surface area contributed by atoms with Crippen LogP contribution in [0.2, 0.25) is 0 Å². The number of hydrogen-bond donors (Lipinski definition) is 0. The summed E-state index contributed by atoms with van der Waals surface area (Å²) in [6.07, 6.45) is 27.6. The largest absolute Gasteiger partial charge is 0.303 e. The van der Waals surface area contributed by atoms with Gasteiger partial charge in [0.05, 0.1) is 0 Å². The smallest absolute Gasteiger partial charge is 0.119 e. The van der Waals surface area contributed by atoms with Gasteiger partial charge in [-0.1, -0.05) is 76.2 Å². The van der Waals surface area contributed by atoms with Crippen molar-refractivity contribution < 1.29 is 4.79 Å². The second-order valence-corrected chi connectivity index (χ2v) is 5.89. The van der Waals surface area contributed by atoms with Crippen molar-refractivity contribution in [3.63, 3.8) is 0 Å². The summed E-state index contributed by atoms with van der Waals surface area (Å²) in [5, 5.41) is 0. The molecular weight excluding hydrogens is 256 g/mol. The molecule has 0 atom stereocenters. The van der Waals surface area contributed by atoms with Crippen LogP contribution >= 0.6 is 0 Å². The van der Waals surface area contributed by atoms with Crippen molar-refractivity contribution in [2.75, 3.05) is 0 Å². The highest BCUT2D eigenvalue weighted by Crippen LogP contribution is 2.09. The number of carbonyl (C=O) groups is 1. The van der Waals surface area contributed by atoms with Crippen LogP contribution in [0.15, 0.2) is 24.3 Å². The van der Waals surface area contributed by atoms with E-state index in [4.69, 9.17) is 0 Å². The molecule has 0 aliphatic carbocycles. The lowest BCUT2D eigenvalue weighted by atomic mass is 10.1. The summed E-state index contributed by atoms with van der Waals surface area (Å²) in [5.41, 5.74) is 0. The average Bonchev–Trinajstić information content (AvgIpc) is 2.50. The van der Waals surface area contributed by atoms with E-state index in [1.807, 2.05) is 0 Å². The fraction of sp³-hybridized carbons (Fsp3) is 0.750. The number of allylic oxidation sites excluding steroid dienone is 4. The second-order valence-electron chi connectivity index (χ2n) is 5.89. The van der Waals surface area contributed by atoms with Crippen LogP contribution < -0.4 is 0 Å². The summed E-state index contributed by atoms with van der Waals surface area (Å²) in [5.74, 6) is 0. The molecule has 1 nitrogen and oxygen atoms in total. The topological polar surface area (TPSA) is 17.1 Å². The Morgan fingerprint density at radius 3 is 1.57 bits per heavy atom. The lowest BCUT2D eigenvalue weighted by Gasteiger charge is -1.99. The quantitative estimate of drug-likeness (QED) is 0.174. The molecule has 0 amide bonds. The average molecular weight is 293 g/mol. The molecule has 0 aromatic carbocycles. The van der Waals surface area contributed by atoms with Crippen molar-refractivity contribution >= 4 is 6.29 Å². The summed E-state index contributed by atoms with van der Waals surface area (Å²) >= 11 is 0. The van der Waals surface area contributed by atoms with Crippen LogP contribution in [0.5, 0.6) is 0 Å². The Hall–Kier alpha value is -0.850. The lowest BCUT2D eigenvalue weighted by molar-refractivity contribution is -0.107. The Balaban J connectivity index is 3.13. The minimum atomic E-state index is 0.748. The highest BCUT2D eigenvalue weighted by atomic mass is 16.1. The summed E-state index contributed by atoms with van der Waals surface area (Å²) in [4.78, 5) is 10.2. The van der Waals surface area contributed by atoms with E-state index < -0.39 is 0 Å². The number of carbonyl (C=O) groups excluding carboxylic acids is 1. The lowest BCUT2D eigenvalue weighted by Crippen LogP contribution is -1.81. The SMILES string of the molecule is CCCCCC=CCC=CCCCCCCCCCC=O. The zero-order valence-corrected chi connectivity index (χ0v) is 14.2. The molecule has 0 spiro atoms. The van der Waals surface area contributed by atoms with Gasteiger partial charge in [0.25, 0.3) is 0 Å². The van der Waals surface area contributed by atoms with Gasteiger partial charge in [0.1, 0.15) is 6.29 Å². The van der Waals surface area contributed by atoms with Gasteiger partial charge < -0.3 is 4.79 Å². The molecular formula is C20H36O. The number of aldehydes is 1. The van der Waals surface area contributed by atoms with Gasteiger partial charge in [-0.15, -0.1) is 0 Å². The maximum atomic E-state index is 10.2. The predicted molar refractivity (Wildman–Crippen MR) is 94.7 cm³/mol. The number of hydrogen-bond acceptors (Lipinski definition) is 1. The minimum absolute atomic E-state index is 0.748. The molecule has 0 rings (SSSR count). The number of unbranched alkanes of at least 4 members (excludes halogenated alkanes) is 11. The van der Waals surface area contributed by atoms with Crippen LogP contribution in [0, 0.1) is 0 Å². The zero-order valence-electron chi connectivity index (χ0n) is 14.2. The first-order valence-electron chi connectivity index (χ1n) is 9.15. The first-order valence-corrected chi connectivity index (χ1v) is 9.15. The summed E-state index contributed by atoms with van der Waals surface area (Å²) in [6.45, 7) is 2.25. The third-order valence-corrected chi connectivity index (χ3v) is 3.77. The van der Waals surface area contributed by atoms with Crippen molar-refractivity contribution in [2.24, 2.45) is 0 Å². The van der Waals surface area contributed by atoms with Gasteiger partial charge >= 0.3 is 0 Å². The maximum Gasteiger partial charge on any atom is 0.119 e. The van der Waals surface area contributed by atoms with E-state index in [0.717, 1.165) is 25.5 Å². The highest BCUT2D eigenvalue weighted by Gasteiger charge is 1.91. The Labute approximate surface area is 132 Å². The van der Waals surface area contributed by atoms with Gasteiger partial charge in [0.2, 0.25) is 0 Å². The molecule has 21 heavy (non-hydrogen) atoms. The first-order chi connectivity index (χ1) is 10.4. The van der Waals surface area contributed by atoms with Gasteiger partial charge in [0, 0.05) is 6.42 Å². The Morgan fingerprint density at radius 2 is 1.05 bits per heavy atom. The normalized spacial score (nSPS) is 11.7. The van der Waals surface area contributed by atoms with E-state index >= 15 is 0 Å². The Morgan fingerprint density at radius 1 is 0.571 bits per heavy atom. The summed E-state index contributed by atoms with van der Waals surface area (Å²) in [7, 11) is 0. The van der Waals surface area contributed by atoms with Gasteiger partial charge in [-0.3, -0.25) is 0 Å². The Bertz CT molecular complexity index is 253. The molecule has 0 unspecified atom stereocenters. The molecule has 0 radical (unpaired) electrons. The number of rotatable bonds is 16. The second kappa shape index (κ2) is 19.1. The van der Waals surface area contributed by atoms with Crippen LogP contribution in [-0.2, 0) is 4.79 Å². The first kappa shape index (κ1) is 20.1. The van der Waals surface area contributed by atoms with Crippen molar-refractivity contribution in [3.05, 3.63) is 24.3 Å². The van der Waals surface area contributed by atoms with E-state index in [2.05, 4.69) is 31.2 Å². The molecule has 0 aliphatic rings. The van der Waals surface area contributed by atoms with Crippen LogP contribution in [0.3, 0.4) is 0 Å². The predicted octanol–water partition coefficient (Wildman–Crippen LogP) is 6.78. The molecule has 0 saturated carbocycles. The van der Waals surface area contributed by atoms with Crippen molar-refractivity contribution in [2.45, 2.75) is 96.8 Å². The summed E-state index contributed by atoms with van der Waals surface area (Å²) < 4.78 is 0. The monoisotopic (exact) mass is 292 g/mol. The fourth-order valence-electron chi connectivity index (χ4n) is 2.39. The van der Waals surface area contributed by atoms with Crippen LogP contribution in [0.25, 0.3) is 0 Å². The molecule has 122 valence electrons. The molecule has 0 N–H and O–H groups in total. The molecule has 0 saturated heterocycles. The molecule has 0 aromatic heterocycles. The summed E-state index contributed by atoms with van der Waals surface area (Å²) in [6, 6.07) is 0. The standard InChI is InChI=1S/C20H36O/c1-2-3-4-5-6-7-8-9-10-11-12-13-14-15-16-17-18-19-20-21/h6-7,9-10,20H,2-5,8,11-19H2,1H3. The third kappa shape index (κ3) is 19.1. The van der Waals surface area contributed by atoms with E-state index in [0.29, 0.717) is 0 Å². The van der Waals surface area contributed by atoms with E-state index in [1.54, 1.807) is 0 Å². The highest BCUT2D eigenvalue weighted by molar-refractivity contribution is 5.48. The van der Waals surface area contributed by atoms with Crippen LogP contribution in [-0.4, -0.2) is 6.29 Å². The van der Waals surface area contributed by atoms with Gasteiger partial charge in [-0.05, 0) is 38.5 Å². The molecule has 0 bridgehead atoms.